The highest BCUT2D eigenvalue weighted by molar-refractivity contribution is 7.98. The molecule has 24 heavy (non-hydrogen) atoms. The average molecular weight is 353 g/mol. The normalized spacial score (nSPS) is 17.5. The van der Waals surface area contributed by atoms with Crippen LogP contribution in [0.3, 0.4) is 0 Å². The Kier molecular flexibility index (Phi) is 5.43. The van der Waals surface area contributed by atoms with Crippen LogP contribution in [0.25, 0.3) is 0 Å². The fourth-order valence-electron chi connectivity index (χ4n) is 2.43. The Balaban J connectivity index is 1.70. The molecular weight excluding hydrogens is 334 g/mol. The van der Waals surface area contributed by atoms with Gasteiger partial charge in [-0.25, -0.2) is 0 Å². The van der Waals surface area contributed by atoms with Crippen LogP contribution in [0, 0.1) is 0 Å². The Morgan fingerprint density at radius 2 is 2.38 bits per heavy atom. The van der Waals surface area contributed by atoms with Crippen molar-refractivity contribution < 1.29 is 14.1 Å². The quantitative estimate of drug-likeness (QED) is 0.626. The summed E-state index contributed by atoms with van der Waals surface area (Å²) in [5.74, 6) is 0.702. The number of ether oxygens (including phenoxy) is 1. The smallest absolute Gasteiger partial charge is 0.290 e. The van der Waals surface area contributed by atoms with Crippen LogP contribution in [-0.4, -0.2) is 50.6 Å². The molecule has 1 saturated heterocycles. The highest BCUT2D eigenvalue weighted by Gasteiger charge is 2.21. The van der Waals surface area contributed by atoms with E-state index in [4.69, 9.17) is 15.0 Å². The van der Waals surface area contributed by atoms with Gasteiger partial charge in [0.1, 0.15) is 5.82 Å². The van der Waals surface area contributed by atoms with E-state index in [1.54, 1.807) is 0 Å². The van der Waals surface area contributed by atoms with Crippen LogP contribution >= 0.6 is 11.8 Å². The van der Waals surface area contributed by atoms with Crippen molar-refractivity contribution in [1.82, 2.24) is 30.2 Å². The van der Waals surface area contributed by atoms with Crippen LogP contribution < -0.4 is 11.1 Å². The van der Waals surface area contributed by atoms with Crippen LogP contribution in [0.1, 0.15) is 35.2 Å². The molecule has 3 N–H and O–H groups in total. The van der Waals surface area contributed by atoms with E-state index in [0.717, 1.165) is 30.4 Å². The fourth-order valence-corrected chi connectivity index (χ4v) is 3.23. The standard InChI is InChI=1S/C13H19N7O3S/c1-15-5-9-17-18-13(20(9)6-8-3-2-4-22-8)24-7-10-16-12(11(14)21)19-23-10/h8,15H,2-7H2,1H3,(H2,14,21)/t8-/m1/s1. The minimum absolute atomic E-state index is 0.123. The topological polar surface area (TPSA) is 134 Å². The number of hydrogen-bond acceptors (Lipinski definition) is 9. The van der Waals surface area contributed by atoms with Gasteiger partial charge in [0.25, 0.3) is 11.7 Å². The Hall–Kier alpha value is -1.98. The van der Waals surface area contributed by atoms with E-state index in [2.05, 4.69) is 25.7 Å². The summed E-state index contributed by atoms with van der Waals surface area (Å²) < 4.78 is 12.8. The molecule has 0 radical (unpaired) electrons. The first kappa shape index (κ1) is 16.9. The molecule has 1 fully saturated rings. The van der Waals surface area contributed by atoms with Gasteiger partial charge in [0.05, 0.1) is 24.9 Å². The predicted octanol–water partition coefficient (Wildman–Crippen LogP) is -0.0493. The lowest BCUT2D eigenvalue weighted by Crippen LogP contribution is -2.20. The van der Waals surface area contributed by atoms with E-state index < -0.39 is 5.91 Å². The third-order valence-electron chi connectivity index (χ3n) is 3.55. The first-order valence-electron chi connectivity index (χ1n) is 7.61. The Bertz CT molecular complexity index is 696. The number of nitrogens with one attached hydrogen (secondary N) is 1. The molecule has 0 unspecified atom stereocenters. The van der Waals surface area contributed by atoms with Crippen LogP contribution in [-0.2, 0) is 23.6 Å². The van der Waals surface area contributed by atoms with Gasteiger partial charge in [-0.1, -0.05) is 16.9 Å². The van der Waals surface area contributed by atoms with E-state index >= 15 is 0 Å². The van der Waals surface area contributed by atoms with Crippen molar-refractivity contribution in [3.8, 4) is 0 Å². The van der Waals surface area contributed by atoms with Crippen molar-refractivity contribution in [2.24, 2.45) is 5.73 Å². The molecule has 0 aliphatic carbocycles. The fraction of sp³-hybridized carbons (Fsp3) is 0.615. The summed E-state index contributed by atoms with van der Waals surface area (Å²) in [5.41, 5.74) is 5.11. The molecule has 0 saturated carbocycles. The Labute approximate surface area is 142 Å². The van der Waals surface area contributed by atoms with Crippen LogP contribution in [0.5, 0.6) is 0 Å². The molecule has 3 rings (SSSR count). The van der Waals surface area contributed by atoms with Crippen molar-refractivity contribution in [3.63, 3.8) is 0 Å². The average Bonchev–Trinajstić information content (AvgIpc) is 3.29. The van der Waals surface area contributed by atoms with Gasteiger partial charge in [-0.3, -0.25) is 4.79 Å². The summed E-state index contributed by atoms with van der Waals surface area (Å²) in [6, 6.07) is 0. The molecule has 1 aliphatic rings. The number of hydrogen-bond donors (Lipinski definition) is 2. The minimum atomic E-state index is -0.715. The number of carbonyl (C=O) groups is 1. The van der Waals surface area contributed by atoms with E-state index in [1.165, 1.54) is 11.8 Å². The van der Waals surface area contributed by atoms with Crippen LogP contribution in [0.15, 0.2) is 9.68 Å². The maximum absolute atomic E-state index is 11.0. The molecule has 11 heteroatoms. The van der Waals surface area contributed by atoms with Gasteiger partial charge in [0.2, 0.25) is 5.89 Å². The predicted molar refractivity (Wildman–Crippen MR) is 84.1 cm³/mol. The molecule has 2 aromatic heterocycles. The molecule has 10 nitrogen and oxygen atoms in total. The van der Waals surface area contributed by atoms with Gasteiger partial charge >= 0.3 is 0 Å². The lowest BCUT2D eigenvalue weighted by molar-refractivity contribution is 0.0941. The molecular formula is C13H19N7O3S. The zero-order chi connectivity index (χ0) is 16.9. The first-order valence-corrected chi connectivity index (χ1v) is 8.59. The monoisotopic (exact) mass is 353 g/mol. The van der Waals surface area contributed by atoms with Gasteiger partial charge in [0, 0.05) is 6.61 Å². The number of primary amides is 1. The molecule has 1 amide bonds. The Morgan fingerprint density at radius 3 is 3.04 bits per heavy atom. The van der Waals surface area contributed by atoms with Crippen molar-refractivity contribution in [2.45, 2.75) is 42.9 Å². The third-order valence-corrected chi connectivity index (χ3v) is 4.50. The summed E-state index contributed by atoms with van der Waals surface area (Å²) in [6.07, 6.45) is 2.29. The number of nitrogens with two attached hydrogens (primary N) is 1. The van der Waals surface area contributed by atoms with E-state index in [1.807, 2.05) is 11.6 Å². The zero-order valence-corrected chi connectivity index (χ0v) is 14.1. The first-order chi connectivity index (χ1) is 11.7. The van der Waals surface area contributed by atoms with Crippen molar-refractivity contribution in [3.05, 3.63) is 17.5 Å². The van der Waals surface area contributed by atoms with E-state index in [-0.39, 0.29) is 11.9 Å². The maximum Gasteiger partial charge on any atom is 0.290 e. The molecule has 0 spiro atoms. The SMILES string of the molecule is CNCc1nnc(SCc2nc(C(N)=O)no2)n1C[C@H]1CCCO1. The van der Waals surface area contributed by atoms with Gasteiger partial charge in [-0.15, -0.1) is 10.2 Å². The van der Waals surface area contributed by atoms with E-state index in [9.17, 15) is 4.79 Å². The summed E-state index contributed by atoms with van der Waals surface area (Å²) >= 11 is 1.41. The van der Waals surface area contributed by atoms with Gasteiger partial charge in [0.15, 0.2) is 5.16 Å². The van der Waals surface area contributed by atoms with Gasteiger partial charge in [-0.2, -0.15) is 4.98 Å². The molecule has 130 valence electrons. The lowest BCUT2D eigenvalue weighted by atomic mass is 10.2. The van der Waals surface area contributed by atoms with Crippen LogP contribution in [0.2, 0.25) is 0 Å². The van der Waals surface area contributed by atoms with Gasteiger partial charge < -0.3 is 24.9 Å². The molecule has 2 aromatic rings. The van der Waals surface area contributed by atoms with Crippen molar-refractivity contribution >= 4 is 17.7 Å². The summed E-state index contributed by atoms with van der Waals surface area (Å²) in [7, 11) is 1.86. The summed E-state index contributed by atoms with van der Waals surface area (Å²) in [4.78, 5) is 14.9. The molecule has 1 atom stereocenters. The minimum Gasteiger partial charge on any atom is -0.376 e. The largest absolute Gasteiger partial charge is 0.376 e. The van der Waals surface area contributed by atoms with Crippen LogP contribution in [0.4, 0.5) is 0 Å². The summed E-state index contributed by atoms with van der Waals surface area (Å²) in [5, 5.41) is 15.8. The molecule has 1 aliphatic heterocycles. The van der Waals surface area contributed by atoms with Gasteiger partial charge in [-0.05, 0) is 19.9 Å². The molecule has 0 aromatic carbocycles. The number of amides is 1. The zero-order valence-electron chi connectivity index (χ0n) is 13.3. The molecule has 3 heterocycles. The van der Waals surface area contributed by atoms with E-state index in [0.29, 0.717) is 24.7 Å². The Morgan fingerprint density at radius 1 is 1.50 bits per heavy atom. The van der Waals surface area contributed by atoms with Crippen molar-refractivity contribution in [2.75, 3.05) is 13.7 Å². The second kappa shape index (κ2) is 7.73. The highest BCUT2D eigenvalue weighted by Crippen LogP contribution is 2.23. The third kappa shape index (κ3) is 3.91. The second-order valence-corrected chi connectivity index (χ2v) is 6.28. The number of aromatic nitrogens is 5. The number of rotatable bonds is 8. The number of carbonyl (C=O) groups excluding carboxylic acids is 1. The van der Waals surface area contributed by atoms with Crippen molar-refractivity contribution in [1.29, 1.82) is 0 Å². The second-order valence-electron chi connectivity index (χ2n) is 5.34. The highest BCUT2D eigenvalue weighted by atomic mass is 32.2. The maximum atomic E-state index is 11.0. The summed E-state index contributed by atoms with van der Waals surface area (Å²) in [6.45, 7) is 2.13. The number of thioether (sulfide) groups is 1. The number of nitrogens with zero attached hydrogens (tertiary/aromatic N) is 5. The lowest BCUT2D eigenvalue weighted by Gasteiger charge is -2.14. The molecule has 0 bridgehead atoms.